The second-order valence-electron chi connectivity index (χ2n) is 14.3. The van der Waals surface area contributed by atoms with E-state index in [1.54, 1.807) is 71.9 Å². The molecule has 260 valence electrons. The number of halogens is 2. The Labute approximate surface area is 275 Å². The van der Waals surface area contributed by atoms with Gasteiger partial charge in [0.1, 0.15) is 6.04 Å². The molecular weight excluding hydrogens is 614 g/mol. The van der Waals surface area contributed by atoms with Crippen molar-refractivity contribution in [2.45, 2.75) is 111 Å². The molecule has 1 aromatic carbocycles. The van der Waals surface area contributed by atoms with Crippen LogP contribution in [0.25, 0.3) is 0 Å². The van der Waals surface area contributed by atoms with Crippen LogP contribution in [0.2, 0.25) is 0 Å². The molecule has 0 radical (unpaired) electrons. The number of carboxylic acid groups (broad SMARTS) is 1. The van der Waals surface area contributed by atoms with E-state index in [2.05, 4.69) is 5.32 Å². The standard InChI is InChI=1S/C35H48F2N2O8/c1-7-11-22(29(42)27(41)18-23(32(44)45)16-21-12-9-8-10-13-21)17-26(40)28-24-14-15-35(36,37)25(24)19-39(28)31(43)30(34(4,5)6)38-33(46)47-20(2)3/h8-10,12-13,20,22-25,28,30H,7,11,14-19H2,1-6H3,(H,38,46)(H,44,45)/t22?,23-,24-,25-,28?,30?/m0/s1. The normalized spacial score (nSPS) is 22.2. The maximum atomic E-state index is 15.0. The highest BCUT2D eigenvalue weighted by Crippen LogP contribution is 2.52. The molecule has 47 heavy (non-hydrogen) atoms. The van der Waals surface area contributed by atoms with Gasteiger partial charge in [-0.25, -0.2) is 13.6 Å². The van der Waals surface area contributed by atoms with Gasteiger partial charge in [-0.2, -0.15) is 0 Å². The van der Waals surface area contributed by atoms with Crippen LogP contribution in [0.4, 0.5) is 13.6 Å². The minimum atomic E-state index is -3.11. The first-order valence-corrected chi connectivity index (χ1v) is 16.4. The zero-order valence-electron chi connectivity index (χ0n) is 28.1. The Morgan fingerprint density at radius 3 is 2.23 bits per heavy atom. The van der Waals surface area contributed by atoms with E-state index in [-0.39, 0.29) is 19.3 Å². The van der Waals surface area contributed by atoms with E-state index < -0.39 is 114 Å². The van der Waals surface area contributed by atoms with Crippen LogP contribution < -0.4 is 5.32 Å². The second-order valence-corrected chi connectivity index (χ2v) is 14.3. The molecule has 0 spiro atoms. The number of ketones is 3. The summed E-state index contributed by atoms with van der Waals surface area (Å²) in [7, 11) is 0. The molecule has 0 bridgehead atoms. The number of rotatable bonds is 15. The number of aliphatic carboxylic acids is 1. The highest BCUT2D eigenvalue weighted by molar-refractivity contribution is 6.38. The predicted octanol–water partition coefficient (Wildman–Crippen LogP) is 5.26. The molecule has 2 fully saturated rings. The van der Waals surface area contributed by atoms with Gasteiger partial charge >= 0.3 is 12.1 Å². The van der Waals surface area contributed by atoms with E-state index in [0.29, 0.717) is 12.0 Å². The summed E-state index contributed by atoms with van der Waals surface area (Å²) in [4.78, 5) is 80.3. The number of carbonyl (C=O) groups is 6. The van der Waals surface area contributed by atoms with Gasteiger partial charge in [0.2, 0.25) is 11.7 Å². The summed E-state index contributed by atoms with van der Waals surface area (Å²) in [6, 6.07) is 6.22. The third-order valence-corrected chi connectivity index (χ3v) is 9.17. The summed E-state index contributed by atoms with van der Waals surface area (Å²) in [5, 5.41) is 12.3. The van der Waals surface area contributed by atoms with E-state index in [0.717, 1.165) is 4.90 Å². The largest absolute Gasteiger partial charge is 0.481 e. The minimum Gasteiger partial charge on any atom is -0.481 e. The zero-order valence-corrected chi connectivity index (χ0v) is 28.1. The van der Waals surface area contributed by atoms with Crippen LogP contribution in [-0.4, -0.2) is 76.0 Å². The monoisotopic (exact) mass is 662 g/mol. The molecule has 1 saturated carbocycles. The molecule has 1 heterocycles. The molecule has 10 nitrogen and oxygen atoms in total. The maximum Gasteiger partial charge on any atom is 0.408 e. The van der Waals surface area contributed by atoms with Crippen LogP contribution in [0, 0.1) is 29.1 Å². The van der Waals surface area contributed by atoms with Gasteiger partial charge in [0.05, 0.1) is 18.1 Å². The van der Waals surface area contributed by atoms with Gasteiger partial charge in [0, 0.05) is 37.6 Å². The Morgan fingerprint density at radius 1 is 1.04 bits per heavy atom. The molecule has 2 N–H and O–H groups in total. The first kappa shape index (κ1) is 37.8. The van der Waals surface area contributed by atoms with Crippen molar-refractivity contribution in [2.75, 3.05) is 6.54 Å². The number of amides is 2. The summed E-state index contributed by atoms with van der Waals surface area (Å²) in [5.41, 5.74) is -0.191. The topological polar surface area (TPSA) is 147 Å². The van der Waals surface area contributed by atoms with Crippen molar-refractivity contribution in [3.63, 3.8) is 0 Å². The highest BCUT2D eigenvalue weighted by atomic mass is 19.3. The number of alkyl carbamates (subject to hydrolysis) is 1. The molecule has 0 aromatic heterocycles. The highest BCUT2D eigenvalue weighted by Gasteiger charge is 2.61. The van der Waals surface area contributed by atoms with Crippen molar-refractivity contribution in [2.24, 2.45) is 29.1 Å². The number of nitrogens with one attached hydrogen (secondary N) is 1. The predicted molar refractivity (Wildman–Crippen MR) is 169 cm³/mol. The van der Waals surface area contributed by atoms with Crippen LogP contribution in [0.1, 0.15) is 85.6 Å². The van der Waals surface area contributed by atoms with E-state index in [9.17, 15) is 33.9 Å². The number of fused-ring (bicyclic) bond motifs is 1. The Hall–Kier alpha value is -3.70. The fraction of sp³-hybridized carbons (Fsp3) is 0.657. The fourth-order valence-corrected chi connectivity index (χ4v) is 6.82. The first-order valence-electron chi connectivity index (χ1n) is 16.4. The summed E-state index contributed by atoms with van der Waals surface area (Å²) in [6.45, 7) is 9.71. The number of nitrogens with zero attached hydrogens (tertiary/aromatic N) is 1. The van der Waals surface area contributed by atoms with Crippen molar-refractivity contribution in [3.05, 3.63) is 35.9 Å². The molecular formula is C35H48F2N2O8. The Bertz CT molecular complexity index is 1330. The summed E-state index contributed by atoms with van der Waals surface area (Å²) in [5.74, 6) is -11.8. The van der Waals surface area contributed by atoms with E-state index in [4.69, 9.17) is 4.74 Å². The van der Waals surface area contributed by atoms with Crippen molar-refractivity contribution >= 4 is 35.3 Å². The van der Waals surface area contributed by atoms with Gasteiger partial charge in [-0.1, -0.05) is 64.4 Å². The number of likely N-dealkylation sites (tertiary alicyclic amines) is 1. The average molecular weight is 663 g/mol. The minimum absolute atomic E-state index is 0.00798. The Kier molecular flexibility index (Phi) is 12.4. The van der Waals surface area contributed by atoms with Crippen molar-refractivity contribution in [1.29, 1.82) is 0 Å². The second kappa shape index (κ2) is 15.5. The number of carbonyl (C=O) groups excluding carboxylic acids is 5. The number of benzene rings is 1. The molecule has 1 saturated heterocycles. The van der Waals surface area contributed by atoms with Gasteiger partial charge in [-0.3, -0.25) is 24.0 Å². The smallest absolute Gasteiger partial charge is 0.408 e. The lowest BCUT2D eigenvalue weighted by Gasteiger charge is -2.36. The average Bonchev–Trinajstić information content (AvgIpc) is 3.51. The Balaban J connectivity index is 1.86. The third kappa shape index (κ3) is 9.44. The number of Topliss-reactive ketones (excluding diaryl/α,β-unsaturated/α-hetero) is 3. The molecule has 1 aliphatic carbocycles. The van der Waals surface area contributed by atoms with Gasteiger partial charge in [0.15, 0.2) is 11.6 Å². The van der Waals surface area contributed by atoms with Gasteiger partial charge < -0.3 is 20.1 Å². The third-order valence-electron chi connectivity index (χ3n) is 9.17. The number of carboxylic acids is 1. The van der Waals surface area contributed by atoms with E-state index in [1.165, 1.54) is 0 Å². The van der Waals surface area contributed by atoms with Crippen LogP contribution in [0.5, 0.6) is 0 Å². The van der Waals surface area contributed by atoms with Crippen LogP contribution in [0.3, 0.4) is 0 Å². The van der Waals surface area contributed by atoms with Gasteiger partial charge in [0.25, 0.3) is 5.92 Å². The van der Waals surface area contributed by atoms with E-state index >= 15 is 8.78 Å². The number of hydrogen-bond acceptors (Lipinski definition) is 7. The van der Waals surface area contributed by atoms with Crippen LogP contribution >= 0.6 is 0 Å². The fourth-order valence-electron chi connectivity index (χ4n) is 6.82. The summed E-state index contributed by atoms with van der Waals surface area (Å²) >= 11 is 0. The van der Waals surface area contributed by atoms with Gasteiger partial charge in [-0.15, -0.1) is 0 Å². The van der Waals surface area contributed by atoms with E-state index in [1.807, 2.05) is 0 Å². The zero-order chi connectivity index (χ0) is 35.3. The number of hydrogen-bond donors (Lipinski definition) is 2. The molecule has 6 atom stereocenters. The summed E-state index contributed by atoms with van der Waals surface area (Å²) in [6.07, 6.45) is -2.19. The molecule has 1 aromatic rings. The molecule has 2 aliphatic rings. The van der Waals surface area contributed by atoms with Crippen molar-refractivity contribution in [3.8, 4) is 0 Å². The van der Waals surface area contributed by atoms with Gasteiger partial charge in [-0.05, 0) is 50.0 Å². The molecule has 3 rings (SSSR count). The summed E-state index contributed by atoms with van der Waals surface area (Å²) < 4.78 is 35.2. The lowest BCUT2D eigenvalue weighted by molar-refractivity contribution is -0.146. The number of ether oxygens (including phenoxy) is 1. The Morgan fingerprint density at radius 2 is 1.68 bits per heavy atom. The molecule has 1 aliphatic heterocycles. The molecule has 12 heteroatoms. The molecule has 2 amide bonds. The van der Waals surface area contributed by atoms with Crippen molar-refractivity contribution in [1.82, 2.24) is 10.2 Å². The SMILES string of the molecule is CCCC(CC(=O)C1[C@H]2CCC(F)(F)[C@H]2CN1C(=O)C(NC(=O)OC(C)C)C(C)(C)C)C(=O)C(=O)C[C@H](Cc1ccccc1)C(=O)O. The lowest BCUT2D eigenvalue weighted by Crippen LogP contribution is -2.57. The van der Waals surface area contributed by atoms with Crippen molar-refractivity contribution < 1.29 is 47.4 Å². The molecule has 3 unspecified atom stereocenters. The van der Waals surface area contributed by atoms with Crippen LogP contribution in [0.15, 0.2) is 30.3 Å². The first-order chi connectivity index (χ1) is 21.9. The quantitative estimate of drug-likeness (QED) is 0.242. The number of alkyl halides is 2. The maximum absolute atomic E-state index is 15.0. The van der Waals surface area contributed by atoms with Crippen LogP contribution in [-0.2, 0) is 35.1 Å². The lowest BCUT2D eigenvalue weighted by atomic mass is 9.82.